The van der Waals surface area contributed by atoms with Crippen molar-refractivity contribution in [3.8, 4) is 0 Å². The summed E-state index contributed by atoms with van der Waals surface area (Å²) >= 11 is 0. The van der Waals surface area contributed by atoms with Crippen LogP contribution in [0, 0.1) is 0 Å². The van der Waals surface area contributed by atoms with Gasteiger partial charge in [0.15, 0.2) is 0 Å². The van der Waals surface area contributed by atoms with E-state index in [1.54, 1.807) is 0 Å². The van der Waals surface area contributed by atoms with Gasteiger partial charge in [0.25, 0.3) is 0 Å². The monoisotopic (exact) mass is 266 g/mol. The lowest BCUT2D eigenvalue weighted by atomic mass is 10.2. The molecule has 0 spiro atoms. The van der Waals surface area contributed by atoms with Crippen LogP contribution in [-0.2, 0) is 24.2 Å². The van der Waals surface area contributed by atoms with Gasteiger partial charge in [0.05, 0.1) is 12.2 Å². The number of hydrogen-bond donors (Lipinski definition) is 3. The quantitative estimate of drug-likeness (QED) is 0.480. The smallest absolute Gasteiger partial charge is 0.326 e. The van der Waals surface area contributed by atoms with Crippen LogP contribution in [0.4, 0.5) is 0 Å². The highest BCUT2D eigenvalue weighted by Gasteiger charge is 2.22. The number of aliphatic carboxylic acids is 1. The topological polar surface area (TPSA) is 144 Å². The van der Waals surface area contributed by atoms with Crippen LogP contribution in [0.5, 0.6) is 0 Å². The average molecular weight is 266 g/mol. The highest BCUT2D eigenvalue weighted by Crippen LogP contribution is 1.95. The first-order chi connectivity index (χ1) is 7.61. The normalized spacial score (nSPS) is 12.8. The minimum atomic E-state index is -3.30. The summed E-state index contributed by atoms with van der Waals surface area (Å²) in [5.41, 5.74) is 4.80. The Kier molecular flexibility index (Phi) is 5.59. The van der Waals surface area contributed by atoms with E-state index in [4.69, 9.17) is 10.8 Å². The Labute approximate surface area is 98.1 Å². The molecule has 8 nitrogen and oxygen atoms in total. The summed E-state index contributed by atoms with van der Waals surface area (Å²) < 4.78 is 21.5. The maximum Gasteiger partial charge on any atom is 0.326 e. The van der Waals surface area contributed by atoms with E-state index in [0.717, 1.165) is 6.26 Å². The van der Waals surface area contributed by atoms with Gasteiger partial charge in [-0.05, 0) is 0 Å². The minimum Gasteiger partial charge on any atom is -0.480 e. The van der Waals surface area contributed by atoms with Gasteiger partial charge in [0.1, 0.15) is 15.9 Å². The number of hydrogen-bond acceptors (Lipinski definition) is 5. The molecule has 0 aliphatic rings. The van der Waals surface area contributed by atoms with Gasteiger partial charge in [-0.2, -0.15) is 0 Å². The number of carboxylic acids is 1. The summed E-state index contributed by atoms with van der Waals surface area (Å²) in [6, 6.07) is -1.43. The third-order valence-electron chi connectivity index (χ3n) is 1.74. The minimum absolute atomic E-state index is 0.360. The molecular formula is C8H14N2O6S. The zero-order valence-electron chi connectivity index (χ0n) is 9.17. The van der Waals surface area contributed by atoms with E-state index in [1.165, 1.54) is 0 Å². The molecule has 0 unspecified atom stereocenters. The van der Waals surface area contributed by atoms with E-state index in [2.05, 4.69) is 0 Å². The van der Waals surface area contributed by atoms with Gasteiger partial charge in [0, 0.05) is 12.7 Å². The van der Waals surface area contributed by atoms with Gasteiger partial charge in [-0.25, -0.2) is 13.2 Å². The van der Waals surface area contributed by atoms with Crippen LogP contribution in [-0.4, -0.2) is 49.4 Å². The summed E-state index contributed by atoms with van der Waals surface area (Å²) in [6.45, 7) is 0. The molecule has 0 saturated heterocycles. The molecule has 0 aromatic heterocycles. The molecule has 4 N–H and O–H groups in total. The zero-order valence-corrected chi connectivity index (χ0v) is 9.99. The fraction of sp³-hybridized carbons (Fsp3) is 0.625. The standard InChI is InChI=1S/C8H14N2O6S/c1-17(15,16)3-2-7(12)10-5(8(13)14)4-6(9)11/h5H,2-4H2,1H3,(H2,9,11)(H,10,12)(H,13,14)/t5-/m1/s1. The summed E-state index contributed by atoms with van der Waals surface area (Å²) in [6.07, 6.45) is 0.0552. The maximum absolute atomic E-state index is 11.2. The van der Waals surface area contributed by atoms with Crippen molar-refractivity contribution in [2.24, 2.45) is 5.73 Å². The Morgan fingerprint density at radius 1 is 1.35 bits per heavy atom. The van der Waals surface area contributed by atoms with Crippen molar-refractivity contribution < 1.29 is 27.9 Å². The Morgan fingerprint density at radius 3 is 2.24 bits per heavy atom. The van der Waals surface area contributed by atoms with Gasteiger partial charge >= 0.3 is 5.97 Å². The van der Waals surface area contributed by atoms with Gasteiger partial charge in [-0.3, -0.25) is 9.59 Å². The van der Waals surface area contributed by atoms with Crippen molar-refractivity contribution in [1.82, 2.24) is 5.32 Å². The Balaban J connectivity index is 4.32. The largest absolute Gasteiger partial charge is 0.480 e. The number of carbonyl (C=O) groups is 3. The fourth-order valence-electron chi connectivity index (χ4n) is 0.946. The summed E-state index contributed by atoms with van der Waals surface area (Å²) in [5.74, 6) is -3.43. The number of primary amides is 1. The maximum atomic E-state index is 11.2. The van der Waals surface area contributed by atoms with Crippen molar-refractivity contribution in [2.45, 2.75) is 18.9 Å². The van der Waals surface area contributed by atoms with E-state index >= 15 is 0 Å². The second kappa shape index (κ2) is 6.18. The van der Waals surface area contributed by atoms with E-state index in [9.17, 15) is 22.8 Å². The van der Waals surface area contributed by atoms with E-state index in [0.29, 0.717) is 0 Å². The van der Waals surface area contributed by atoms with Crippen molar-refractivity contribution in [2.75, 3.05) is 12.0 Å². The lowest BCUT2D eigenvalue weighted by Gasteiger charge is -2.12. The molecule has 98 valence electrons. The number of amides is 2. The number of carboxylic acid groups (broad SMARTS) is 1. The molecule has 0 aromatic carbocycles. The van der Waals surface area contributed by atoms with Crippen LogP contribution in [0.25, 0.3) is 0 Å². The third-order valence-corrected chi connectivity index (χ3v) is 2.68. The molecule has 2 amide bonds. The number of nitrogens with one attached hydrogen (secondary N) is 1. The first kappa shape index (κ1) is 15.4. The third kappa shape index (κ3) is 8.20. The molecule has 0 aliphatic carbocycles. The molecule has 0 radical (unpaired) electrons. The lowest BCUT2D eigenvalue weighted by Crippen LogP contribution is -2.43. The first-order valence-corrected chi connectivity index (χ1v) is 6.66. The zero-order chi connectivity index (χ0) is 13.6. The van der Waals surface area contributed by atoms with E-state index in [-0.39, 0.29) is 12.2 Å². The van der Waals surface area contributed by atoms with Crippen molar-refractivity contribution >= 4 is 27.6 Å². The summed E-state index contributed by atoms with van der Waals surface area (Å²) in [5, 5.41) is 10.7. The average Bonchev–Trinajstić information content (AvgIpc) is 2.11. The second-order valence-corrected chi connectivity index (χ2v) is 5.77. The second-order valence-electron chi connectivity index (χ2n) is 3.51. The van der Waals surface area contributed by atoms with Crippen LogP contribution in [0.3, 0.4) is 0 Å². The van der Waals surface area contributed by atoms with Gasteiger partial charge in [-0.1, -0.05) is 0 Å². The van der Waals surface area contributed by atoms with Crippen LogP contribution in [0.2, 0.25) is 0 Å². The molecule has 0 fully saturated rings. The predicted molar refractivity (Wildman–Crippen MR) is 57.7 cm³/mol. The fourth-order valence-corrected chi connectivity index (χ4v) is 1.50. The number of sulfone groups is 1. The highest BCUT2D eigenvalue weighted by molar-refractivity contribution is 7.90. The lowest BCUT2D eigenvalue weighted by molar-refractivity contribution is -0.143. The molecule has 0 saturated carbocycles. The van der Waals surface area contributed by atoms with Gasteiger partial charge in [-0.15, -0.1) is 0 Å². The SMILES string of the molecule is CS(=O)(=O)CCC(=O)N[C@H](CC(N)=O)C(=O)O. The van der Waals surface area contributed by atoms with Gasteiger partial charge < -0.3 is 16.2 Å². The first-order valence-electron chi connectivity index (χ1n) is 4.60. The van der Waals surface area contributed by atoms with E-state index in [1.807, 2.05) is 5.32 Å². The van der Waals surface area contributed by atoms with Crippen LogP contribution in [0.1, 0.15) is 12.8 Å². The van der Waals surface area contributed by atoms with Crippen molar-refractivity contribution in [1.29, 1.82) is 0 Å². The molecule has 0 heterocycles. The number of carbonyl (C=O) groups excluding carboxylic acids is 2. The Morgan fingerprint density at radius 2 is 1.88 bits per heavy atom. The molecule has 1 atom stereocenters. The molecule has 9 heteroatoms. The molecule has 17 heavy (non-hydrogen) atoms. The molecule has 0 rings (SSSR count). The summed E-state index contributed by atoms with van der Waals surface area (Å²) in [4.78, 5) is 32.4. The Hall–Kier alpha value is -1.64. The Bertz CT molecular complexity index is 416. The summed E-state index contributed by atoms with van der Waals surface area (Å²) in [7, 11) is -3.30. The predicted octanol–water partition coefficient (Wildman–Crippen LogP) is -2.13. The molecular weight excluding hydrogens is 252 g/mol. The number of rotatable bonds is 7. The number of nitrogens with two attached hydrogens (primary N) is 1. The van der Waals surface area contributed by atoms with Crippen molar-refractivity contribution in [3.05, 3.63) is 0 Å². The van der Waals surface area contributed by atoms with Crippen molar-refractivity contribution in [3.63, 3.8) is 0 Å². The van der Waals surface area contributed by atoms with Gasteiger partial charge in [0.2, 0.25) is 11.8 Å². The van der Waals surface area contributed by atoms with Crippen LogP contribution in [0.15, 0.2) is 0 Å². The highest BCUT2D eigenvalue weighted by atomic mass is 32.2. The molecule has 0 bridgehead atoms. The van der Waals surface area contributed by atoms with Crippen LogP contribution >= 0.6 is 0 Å². The molecule has 0 aliphatic heterocycles. The van der Waals surface area contributed by atoms with E-state index < -0.39 is 40.1 Å². The van der Waals surface area contributed by atoms with Crippen LogP contribution < -0.4 is 11.1 Å². The molecule has 0 aromatic rings.